The highest BCUT2D eigenvalue weighted by Gasteiger charge is 2.24. The number of hydrogen-bond donors (Lipinski definition) is 3. The van der Waals surface area contributed by atoms with E-state index >= 15 is 0 Å². The minimum atomic E-state index is 0.112. The number of hydrogen-bond acceptors (Lipinski definition) is 7. The minimum Gasteiger partial charge on any atom is -0.405 e. The van der Waals surface area contributed by atoms with E-state index in [0.717, 1.165) is 24.5 Å². The summed E-state index contributed by atoms with van der Waals surface area (Å²) in [5.41, 5.74) is 17.3. The zero-order chi connectivity index (χ0) is 22.8. The molecule has 1 aromatic heterocycles. The third-order valence-electron chi connectivity index (χ3n) is 4.81. The van der Waals surface area contributed by atoms with E-state index in [9.17, 15) is 0 Å². The molecule has 5 N–H and O–H groups in total. The molecule has 0 saturated carbocycles. The van der Waals surface area contributed by atoms with Crippen LogP contribution in [0.25, 0.3) is 0 Å². The Kier molecular flexibility index (Phi) is 9.00. The molecule has 0 bridgehead atoms. The summed E-state index contributed by atoms with van der Waals surface area (Å²) in [6, 6.07) is 1.81. The standard InChI is InChI=1S/C24H32N6O/c1-5-19(11-12-25)9-7-8-10-21(26)20(6-2)24(27)22-13-23(29-16-28-22)30-14-17(3)31-18(4)15-30/h5-7,10-13,16-18,27H,2,9,14-15,25-26H2,1,3-4H3/b12-11-,19-5-,21-20-,27-24?/t8?,17-,18+. The van der Waals surface area contributed by atoms with Crippen molar-refractivity contribution in [2.75, 3.05) is 18.0 Å². The number of ether oxygens (including phenoxy) is 1. The van der Waals surface area contributed by atoms with Crippen molar-refractivity contribution in [3.8, 4) is 0 Å². The molecule has 0 radical (unpaired) electrons. The van der Waals surface area contributed by atoms with Crippen molar-refractivity contribution in [3.63, 3.8) is 0 Å². The average Bonchev–Trinajstić information content (AvgIpc) is 2.75. The predicted octanol–water partition coefficient (Wildman–Crippen LogP) is 3.38. The fourth-order valence-electron chi connectivity index (χ4n) is 3.33. The molecule has 7 heteroatoms. The average molecular weight is 421 g/mol. The van der Waals surface area contributed by atoms with E-state index in [1.165, 1.54) is 12.5 Å². The molecule has 31 heavy (non-hydrogen) atoms. The van der Waals surface area contributed by atoms with E-state index in [4.69, 9.17) is 21.6 Å². The van der Waals surface area contributed by atoms with Gasteiger partial charge in [-0.25, -0.2) is 9.97 Å². The zero-order valence-corrected chi connectivity index (χ0v) is 18.5. The maximum atomic E-state index is 8.61. The molecule has 2 rings (SSSR count). The van der Waals surface area contributed by atoms with Gasteiger partial charge in [0.15, 0.2) is 0 Å². The molecular weight excluding hydrogens is 388 g/mol. The molecule has 1 saturated heterocycles. The summed E-state index contributed by atoms with van der Waals surface area (Å²) in [4.78, 5) is 10.8. The van der Waals surface area contributed by atoms with Crippen LogP contribution >= 0.6 is 0 Å². The van der Waals surface area contributed by atoms with E-state index in [1.807, 2.05) is 39.0 Å². The van der Waals surface area contributed by atoms with Crippen molar-refractivity contribution in [1.29, 1.82) is 5.41 Å². The highest BCUT2D eigenvalue weighted by Crippen LogP contribution is 2.20. The zero-order valence-electron chi connectivity index (χ0n) is 18.5. The minimum absolute atomic E-state index is 0.112. The second-order valence-corrected chi connectivity index (χ2v) is 7.31. The Hall–Kier alpha value is -3.41. The number of anilines is 1. The lowest BCUT2D eigenvalue weighted by molar-refractivity contribution is -0.00546. The molecule has 1 aliphatic rings. The van der Waals surface area contributed by atoms with E-state index < -0.39 is 0 Å². The van der Waals surface area contributed by atoms with Crippen LogP contribution in [0.3, 0.4) is 0 Å². The Labute approximate surface area is 184 Å². The molecule has 1 fully saturated rings. The van der Waals surface area contributed by atoms with E-state index in [1.54, 1.807) is 18.2 Å². The molecule has 2 heterocycles. The van der Waals surface area contributed by atoms with Crippen LogP contribution in [0.1, 0.15) is 32.9 Å². The van der Waals surface area contributed by atoms with Gasteiger partial charge in [0.05, 0.1) is 23.6 Å². The first-order chi connectivity index (χ1) is 14.9. The highest BCUT2D eigenvalue weighted by molar-refractivity contribution is 6.12. The van der Waals surface area contributed by atoms with Crippen LogP contribution in [0, 0.1) is 5.41 Å². The van der Waals surface area contributed by atoms with Crippen molar-refractivity contribution in [2.45, 2.75) is 39.4 Å². The van der Waals surface area contributed by atoms with Crippen LogP contribution < -0.4 is 16.4 Å². The Morgan fingerprint density at radius 2 is 2.06 bits per heavy atom. The number of nitrogens with two attached hydrogens (primary N) is 2. The molecular formula is C24H32N6O. The quantitative estimate of drug-likeness (QED) is 0.337. The van der Waals surface area contributed by atoms with Crippen LogP contribution in [-0.4, -0.2) is 41.0 Å². The molecule has 0 aromatic carbocycles. The first kappa shape index (κ1) is 23.9. The van der Waals surface area contributed by atoms with Gasteiger partial charge in [-0.05, 0) is 51.1 Å². The fourth-order valence-corrected chi connectivity index (χ4v) is 3.33. The largest absolute Gasteiger partial charge is 0.405 e. The van der Waals surface area contributed by atoms with Gasteiger partial charge >= 0.3 is 0 Å². The number of aromatic nitrogens is 2. The van der Waals surface area contributed by atoms with Gasteiger partial charge in [0, 0.05) is 36.5 Å². The lowest BCUT2D eigenvalue weighted by Gasteiger charge is -2.36. The van der Waals surface area contributed by atoms with Crippen LogP contribution in [0.15, 0.2) is 78.1 Å². The number of allylic oxidation sites excluding steroid dienone is 6. The summed E-state index contributed by atoms with van der Waals surface area (Å²) < 4.78 is 5.79. The molecule has 0 unspecified atom stereocenters. The van der Waals surface area contributed by atoms with Crippen molar-refractivity contribution in [3.05, 3.63) is 83.8 Å². The lowest BCUT2D eigenvalue weighted by atomic mass is 10.0. The number of nitrogens with one attached hydrogen (secondary N) is 1. The summed E-state index contributed by atoms with van der Waals surface area (Å²) >= 11 is 0. The summed E-state index contributed by atoms with van der Waals surface area (Å²) in [5, 5.41) is 8.61. The van der Waals surface area contributed by atoms with Gasteiger partial charge < -0.3 is 21.1 Å². The molecule has 0 amide bonds. The van der Waals surface area contributed by atoms with Crippen LogP contribution in [-0.2, 0) is 4.74 Å². The monoisotopic (exact) mass is 420 g/mol. The normalized spacial score (nSPS) is 20.1. The van der Waals surface area contributed by atoms with Gasteiger partial charge in [-0.2, -0.15) is 0 Å². The molecule has 1 aliphatic heterocycles. The van der Waals surface area contributed by atoms with Gasteiger partial charge in [0.1, 0.15) is 12.1 Å². The maximum Gasteiger partial charge on any atom is 0.132 e. The van der Waals surface area contributed by atoms with Crippen molar-refractivity contribution in [2.24, 2.45) is 11.5 Å². The summed E-state index contributed by atoms with van der Waals surface area (Å²) in [6.07, 6.45) is 12.8. The van der Waals surface area contributed by atoms with Gasteiger partial charge in [-0.1, -0.05) is 18.7 Å². The molecule has 0 spiro atoms. The van der Waals surface area contributed by atoms with E-state index in [2.05, 4.69) is 27.2 Å². The summed E-state index contributed by atoms with van der Waals surface area (Å²) in [6.45, 7) is 11.3. The maximum absolute atomic E-state index is 8.61. The van der Waals surface area contributed by atoms with E-state index in [0.29, 0.717) is 23.4 Å². The van der Waals surface area contributed by atoms with Crippen LogP contribution in [0.5, 0.6) is 0 Å². The van der Waals surface area contributed by atoms with E-state index in [-0.39, 0.29) is 17.9 Å². The molecule has 164 valence electrons. The van der Waals surface area contributed by atoms with Crippen molar-refractivity contribution < 1.29 is 4.74 Å². The summed E-state index contributed by atoms with van der Waals surface area (Å²) in [5.74, 6) is 0.765. The number of nitrogens with zero attached hydrogens (tertiary/aromatic N) is 3. The third kappa shape index (κ3) is 6.81. The van der Waals surface area contributed by atoms with Gasteiger partial charge in [0.25, 0.3) is 0 Å². The Morgan fingerprint density at radius 3 is 2.68 bits per heavy atom. The Balaban J connectivity index is 2.23. The van der Waals surface area contributed by atoms with Gasteiger partial charge in [-0.3, -0.25) is 5.41 Å². The Morgan fingerprint density at radius 1 is 1.35 bits per heavy atom. The predicted molar refractivity (Wildman–Crippen MR) is 127 cm³/mol. The highest BCUT2D eigenvalue weighted by atomic mass is 16.5. The van der Waals surface area contributed by atoms with Crippen molar-refractivity contribution >= 4 is 11.5 Å². The SMILES string of the molecule is C=C/C(C(=N)c1cc(N2C[C@@H](C)O[C@@H](C)C2)ncn1)=C(/N)C=C=CCC(/C=C\N)=C/C. The first-order valence-electron chi connectivity index (χ1n) is 10.3. The molecule has 0 aliphatic carbocycles. The lowest BCUT2D eigenvalue weighted by Crippen LogP contribution is -2.45. The smallest absolute Gasteiger partial charge is 0.132 e. The van der Waals surface area contributed by atoms with Gasteiger partial charge in [-0.15, -0.1) is 5.73 Å². The first-order valence-corrected chi connectivity index (χ1v) is 10.3. The molecule has 1 aromatic rings. The second-order valence-electron chi connectivity index (χ2n) is 7.31. The summed E-state index contributed by atoms with van der Waals surface area (Å²) in [7, 11) is 0. The number of rotatable bonds is 8. The topological polar surface area (TPSA) is 114 Å². The fraction of sp³-hybridized carbons (Fsp3) is 0.333. The second kappa shape index (κ2) is 11.7. The number of morpholine rings is 1. The van der Waals surface area contributed by atoms with Gasteiger partial charge in [0.2, 0.25) is 0 Å². The third-order valence-corrected chi connectivity index (χ3v) is 4.81. The Bertz CT molecular complexity index is 943. The van der Waals surface area contributed by atoms with Crippen LogP contribution in [0.2, 0.25) is 0 Å². The molecule has 7 nitrogen and oxygen atoms in total. The van der Waals surface area contributed by atoms with Crippen molar-refractivity contribution in [1.82, 2.24) is 9.97 Å². The molecule has 2 atom stereocenters. The van der Waals surface area contributed by atoms with Crippen LogP contribution in [0.4, 0.5) is 5.82 Å².